The molecule has 0 unspecified atom stereocenters. The molecule has 0 aliphatic carbocycles. The van der Waals surface area contributed by atoms with Crippen LogP contribution in [-0.4, -0.2) is 35.4 Å². The van der Waals surface area contributed by atoms with Gasteiger partial charge in [-0.25, -0.2) is 4.98 Å². The first kappa shape index (κ1) is 14.1. The molecular weight excluding hydrogens is 306 g/mol. The summed E-state index contributed by atoms with van der Waals surface area (Å²) >= 11 is 0. The zero-order valence-electron chi connectivity index (χ0n) is 12.6. The topological polar surface area (TPSA) is 94.4 Å². The minimum Gasteiger partial charge on any atom is -0.485 e. The highest BCUT2D eigenvalue weighted by Crippen LogP contribution is 2.27. The summed E-state index contributed by atoms with van der Waals surface area (Å²) in [7, 11) is 0. The van der Waals surface area contributed by atoms with Gasteiger partial charge < -0.3 is 4.74 Å². The van der Waals surface area contributed by atoms with E-state index in [0.29, 0.717) is 17.4 Å². The van der Waals surface area contributed by atoms with E-state index in [1.807, 2.05) is 54.6 Å². The number of H-pyrrole nitrogens is 1. The molecule has 8 heteroatoms. The van der Waals surface area contributed by atoms with Gasteiger partial charge in [0.1, 0.15) is 18.7 Å². The highest BCUT2D eigenvalue weighted by Gasteiger charge is 2.12. The maximum atomic E-state index is 5.92. The lowest BCUT2D eigenvalue weighted by atomic mass is 10.2. The average Bonchev–Trinajstić information content (AvgIpc) is 3.33. The summed E-state index contributed by atoms with van der Waals surface area (Å²) in [5.41, 5.74) is 1.71. The molecule has 0 fully saturated rings. The van der Waals surface area contributed by atoms with Crippen LogP contribution in [-0.2, 0) is 6.61 Å². The van der Waals surface area contributed by atoms with Crippen LogP contribution >= 0.6 is 0 Å². The number of aromatic amines is 1. The highest BCUT2D eigenvalue weighted by molar-refractivity contribution is 5.63. The van der Waals surface area contributed by atoms with Gasteiger partial charge >= 0.3 is 0 Å². The molecule has 0 radical (unpaired) electrons. The number of para-hydroxylation sites is 2. The molecule has 118 valence electrons. The van der Waals surface area contributed by atoms with Gasteiger partial charge in [0.15, 0.2) is 11.6 Å². The Kier molecular flexibility index (Phi) is 3.69. The first-order valence-electron chi connectivity index (χ1n) is 7.32. The second-order valence-electron chi connectivity index (χ2n) is 4.96. The third-order valence-electron chi connectivity index (χ3n) is 3.45. The standard InChI is InChI=1S/C16H13N7O/c1-2-6-12(7-3-1)23-15(19-21-22-23)10-24-14-9-5-4-8-13(14)16-17-11-18-20-16/h1-9,11H,10H2,(H,17,18,20). The lowest BCUT2D eigenvalue weighted by Crippen LogP contribution is -2.07. The lowest BCUT2D eigenvalue weighted by molar-refractivity contribution is 0.293. The molecule has 0 aliphatic heterocycles. The minimum absolute atomic E-state index is 0.229. The zero-order valence-corrected chi connectivity index (χ0v) is 12.6. The Labute approximate surface area is 137 Å². The largest absolute Gasteiger partial charge is 0.485 e. The number of tetrazole rings is 1. The van der Waals surface area contributed by atoms with Crippen molar-refractivity contribution in [1.82, 2.24) is 35.4 Å². The SMILES string of the molecule is c1ccc(-n2nnnc2COc2ccccc2-c2ncn[nH]2)cc1. The van der Waals surface area contributed by atoms with Gasteiger partial charge in [-0.3, -0.25) is 5.10 Å². The van der Waals surface area contributed by atoms with Gasteiger partial charge in [0, 0.05) is 0 Å². The number of benzene rings is 2. The fraction of sp³-hybridized carbons (Fsp3) is 0.0625. The number of ether oxygens (including phenoxy) is 1. The summed E-state index contributed by atoms with van der Waals surface area (Å²) in [4.78, 5) is 4.17. The van der Waals surface area contributed by atoms with Crippen molar-refractivity contribution in [3.63, 3.8) is 0 Å². The van der Waals surface area contributed by atoms with E-state index in [1.54, 1.807) is 4.68 Å². The summed E-state index contributed by atoms with van der Waals surface area (Å²) in [6.07, 6.45) is 1.46. The van der Waals surface area contributed by atoms with E-state index in [-0.39, 0.29) is 6.61 Å². The number of hydrogen-bond acceptors (Lipinski definition) is 6. The number of rotatable bonds is 5. The van der Waals surface area contributed by atoms with Crippen LogP contribution < -0.4 is 4.74 Å². The second-order valence-corrected chi connectivity index (χ2v) is 4.96. The van der Waals surface area contributed by atoms with E-state index in [1.165, 1.54) is 6.33 Å². The summed E-state index contributed by atoms with van der Waals surface area (Å²) in [6, 6.07) is 17.3. The third-order valence-corrected chi connectivity index (χ3v) is 3.45. The van der Waals surface area contributed by atoms with Crippen LogP contribution in [0, 0.1) is 0 Å². The molecule has 0 aliphatic rings. The monoisotopic (exact) mass is 319 g/mol. The Morgan fingerprint density at radius 1 is 1.00 bits per heavy atom. The lowest BCUT2D eigenvalue weighted by Gasteiger charge is -2.09. The third kappa shape index (κ3) is 2.72. The number of hydrogen-bond donors (Lipinski definition) is 1. The van der Waals surface area contributed by atoms with E-state index in [2.05, 4.69) is 30.7 Å². The van der Waals surface area contributed by atoms with E-state index in [4.69, 9.17) is 4.74 Å². The van der Waals surface area contributed by atoms with Crippen molar-refractivity contribution in [3.05, 3.63) is 66.7 Å². The molecule has 2 aromatic carbocycles. The molecule has 8 nitrogen and oxygen atoms in total. The average molecular weight is 319 g/mol. The fourth-order valence-electron chi connectivity index (χ4n) is 2.33. The van der Waals surface area contributed by atoms with Crippen molar-refractivity contribution in [2.45, 2.75) is 6.61 Å². The van der Waals surface area contributed by atoms with E-state index in [9.17, 15) is 0 Å². The molecule has 2 aromatic heterocycles. The summed E-state index contributed by atoms with van der Waals surface area (Å²) in [5.74, 6) is 1.93. The molecule has 0 saturated carbocycles. The Balaban J connectivity index is 1.58. The van der Waals surface area contributed by atoms with Crippen LogP contribution in [0.4, 0.5) is 0 Å². The quantitative estimate of drug-likeness (QED) is 0.605. The van der Waals surface area contributed by atoms with Gasteiger partial charge in [0.2, 0.25) is 0 Å². The van der Waals surface area contributed by atoms with Crippen LogP contribution in [0.15, 0.2) is 60.9 Å². The molecule has 0 amide bonds. The van der Waals surface area contributed by atoms with Crippen LogP contribution in [0.1, 0.15) is 5.82 Å². The predicted molar refractivity (Wildman–Crippen MR) is 85.3 cm³/mol. The van der Waals surface area contributed by atoms with Gasteiger partial charge in [0.05, 0.1) is 11.3 Å². The Bertz CT molecular complexity index is 919. The highest BCUT2D eigenvalue weighted by atomic mass is 16.5. The molecule has 24 heavy (non-hydrogen) atoms. The number of nitrogens with zero attached hydrogens (tertiary/aromatic N) is 6. The summed E-state index contributed by atoms with van der Waals surface area (Å²) in [6.45, 7) is 0.229. The zero-order chi connectivity index (χ0) is 16.2. The fourth-order valence-corrected chi connectivity index (χ4v) is 2.33. The van der Waals surface area contributed by atoms with Crippen molar-refractivity contribution in [2.24, 2.45) is 0 Å². The van der Waals surface area contributed by atoms with Gasteiger partial charge in [-0.2, -0.15) is 9.78 Å². The van der Waals surface area contributed by atoms with E-state index in [0.717, 1.165) is 11.3 Å². The molecule has 0 saturated heterocycles. The van der Waals surface area contributed by atoms with Crippen molar-refractivity contribution >= 4 is 0 Å². The molecule has 1 N–H and O–H groups in total. The van der Waals surface area contributed by atoms with Gasteiger partial charge in [0.25, 0.3) is 0 Å². The Hall–Kier alpha value is -3.55. The van der Waals surface area contributed by atoms with Crippen molar-refractivity contribution in [2.75, 3.05) is 0 Å². The maximum Gasteiger partial charge on any atom is 0.194 e. The molecule has 2 heterocycles. The predicted octanol–water partition coefficient (Wildman–Crippen LogP) is 2.03. The van der Waals surface area contributed by atoms with Crippen LogP contribution in [0.3, 0.4) is 0 Å². The molecule has 4 rings (SSSR count). The second kappa shape index (κ2) is 6.29. The first-order valence-corrected chi connectivity index (χ1v) is 7.32. The van der Waals surface area contributed by atoms with Crippen molar-refractivity contribution in [3.8, 4) is 22.8 Å². The summed E-state index contributed by atoms with van der Waals surface area (Å²) < 4.78 is 7.57. The normalized spacial score (nSPS) is 10.7. The smallest absolute Gasteiger partial charge is 0.194 e. The number of aromatic nitrogens is 7. The van der Waals surface area contributed by atoms with Crippen molar-refractivity contribution < 1.29 is 4.74 Å². The number of nitrogens with one attached hydrogen (secondary N) is 1. The van der Waals surface area contributed by atoms with Crippen LogP contribution in [0.2, 0.25) is 0 Å². The Morgan fingerprint density at radius 2 is 1.83 bits per heavy atom. The molecule has 0 bridgehead atoms. The van der Waals surface area contributed by atoms with Crippen molar-refractivity contribution in [1.29, 1.82) is 0 Å². The molecule has 0 atom stereocenters. The van der Waals surface area contributed by atoms with Crippen LogP contribution in [0.25, 0.3) is 17.1 Å². The van der Waals surface area contributed by atoms with Crippen LogP contribution in [0.5, 0.6) is 5.75 Å². The Morgan fingerprint density at radius 3 is 2.67 bits per heavy atom. The minimum atomic E-state index is 0.229. The van der Waals surface area contributed by atoms with E-state index < -0.39 is 0 Å². The van der Waals surface area contributed by atoms with Gasteiger partial charge in [-0.15, -0.1) is 5.10 Å². The van der Waals surface area contributed by atoms with Gasteiger partial charge in [-0.05, 0) is 34.7 Å². The molecular formula is C16H13N7O. The first-order chi connectivity index (χ1) is 11.9. The maximum absolute atomic E-state index is 5.92. The molecule has 0 spiro atoms. The summed E-state index contributed by atoms with van der Waals surface area (Å²) in [5, 5.41) is 18.5. The van der Waals surface area contributed by atoms with Gasteiger partial charge in [-0.1, -0.05) is 30.3 Å². The molecule has 4 aromatic rings. The van der Waals surface area contributed by atoms with E-state index >= 15 is 0 Å².